The third-order valence-electron chi connectivity index (χ3n) is 6.07. The van der Waals surface area contributed by atoms with Gasteiger partial charge in [0.2, 0.25) is 11.7 Å². The van der Waals surface area contributed by atoms with Crippen LogP contribution >= 0.6 is 0 Å². The molecule has 2 aliphatic rings. The molecule has 0 spiro atoms. The van der Waals surface area contributed by atoms with Crippen LogP contribution in [0.3, 0.4) is 0 Å². The Kier molecular flexibility index (Phi) is 6.54. The van der Waals surface area contributed by atoms with Crippen molar-refractivity contribution in [2.75, 3.05) is 13.1 Å². The number of nitrogens with zero attached hydrogens (tertiary/aromatic N) is 5. The summed E-state index contributed by atoms with van der Waals surface area (Å²) in [6.45, 7) is 5.81. The average Bonchev–Trinajstić information content (AvgIpc) is 3.17. The molecule has 1 saturated heterocycles. The molecule has 1 aliphatic heterocycles. The quantitative estimate of drug-likeness (QED) is 0.812. The Labute approximate surface area is 172 Å². The molecule has 1 aliphatic carbocycles. The second-order valence-corrected chi connectivity index (χ2v) is 8.73. The predicted molar refractivity (Wildman–Crippen MR) is 112 cm³/mol. The number of carbonyl (C=O) groups is 1. The molecule has 1 aromatic heterocycles. The monoisotopic (exact) mass is 396 g/mol. The van der Waals surface area contributed by atoms with Crippen LogP contribution in [0.25, 0.3) is 11.4 Å². The van der Waals surface area contributed by atoms with E-state index in [4.69, 9.17) is 0 Å². The summed E-state index contributed by atoms with van der Waals surface area (Å²) < 4.78 is 0. The van der Waals surface area contributed by atoms with Gasteiger partial charge in [0.25, 0.3) is 0 Å². The van der Waals surface area contributed by atoms with Crippen molar-refractivity contribution in [1.29, 1.82) is 0 Å². The standard InChI is InChI=1S/C22H32N6O/c1-17-6-5-13-27(14-17)15-18-9-11-19(12-10-18)22-24-26-28(25-22)16-21(29)23-20-7-3-2-4-8-20/h9-12,17,20H,2-8,13-16H2,1H3,(H,23,29)/t17-/m0/s1. The molecule has 7 heteroatoms. The van der Waals surface area contributed by atoms with Crippen molar-refractivity contribution in [2.24, 2.45) is 5.92 Å². The van der Waals surface area contributed by atoms with Gasteiger partial charge in [-0.25, -0.2) is 0 Å². The Morgan fingerprint density at radius 1 is 1.10 bits per heavy atom. The van der Waals surface area contributed by atoms with Gasteiger partial charge in [-0.3, -0.25) is 9.69 Å². The average molecular weight is 397 g/mol. The molecular formula is C22H32N6O. The molecule has 1 atom stereocenters. The molecule has 2 aromatic rings. The Hall–Kier alpha value is -2.28. The highest BCUT2D eigenvalue weighted by Crippen LogP contribution is 2.20. The Bertz CT molecular complexity index is 796. The minimum atomic E-state index is -0.0352. The number of likely N-dealkylation sites (tertiary alicyclic amines) is 1. The van der Waals surface area contributed by atoms with Crippen LogP contribution in [0.1, 0.15) is 57.4 Å². The number of aromatic nitrogens is 4. The van der Waals surface area contributed by atoms with Crippen molar-refractivity contribution in [3.05, 3.63) is 29.8 Å². The van der Waals surface area contributed by atoms with E-state index in [1.54, 1.807) is 0 Å². The molecule has 1 amide bonds. The van der Waals surface area contributed by atoms with E-state index in [0.717, 1.165) is 30.9 Å². The number of piperidine rings is 1. The summed E-state index contributed by atoms with van der Waals surface area (Å²) in [7, 11) is 0. The van der Waals surface area contributed by atoms with E-state index < -0.39 is 0 Å². The summed E-state index contributed by atoms with van der Waals surface area (Å²) in [5, 5.41) is 15.7. The predicted octanol–water partition coefficient (Wildman–Crippen LogP) is 3.02. The SMILES string of the molecule is C[C@H]1CCCN(Cc2ccc(-c3nnn(CC(=O)NC4CCCCC4)n3)cc2)C1. The smallest absolute Gasteiger partial charge is 0.243 e. The summed E-state index contributed by atoms with van der Waals surface area (Å²) in [5.74, 6) is 1.32. The minimum absolute atomic E-state index is 0.0352. The van der Waals surface area contributed by atoms with Gasteiger partial charge in [-0.2, -0.15) is 4.80 Å². The number of hydrogen-bond donors (Lipinski definition) is 1. The summed E-state index contributed by atoms with van der Waals surface area (Å²) >= 11 is 0. The molecule has 156 valence electrons. The van der Waals surface area contributed by atoms with Gasteiger partial charge in [0, 0.05) is 24.7 Å². The molecule has 1 saturated carbocycles. The van der Waals surface area contributed by atoms with Gasteiger partial charge < -0.3 is 5.32 Å². The first kappa shape index (κ1) is 20.0. The van der Waals surface area contributed by atoms with E-state index in [2.05, 4.69) is 44.7 Å². The van der Waals surface area contributed by atoms with Gasteiger partial charge in [0.1, 0.15) is 6.54 Å². The van der Waals surface area contributed by atoms with E-state index in [-0.39, 0.29) is 12.5 Å². The van der Waals surface area contributed by atoms with Gasteiger partial charge in [-0.05, 0) is 48.9 Å². The fraction of sp³-hybridized carbons (Fsp3) is 0.636. The topological polar surface area (TPSA) is 75.9 Å². The van der Waals surface area contributed by atoms with Crippen molar-refractivity contribution >= 4 is 5.91 Å². The Morgan fingerprint density at radius 2 is 1.90 bits per heavy atom. The summed E-state index contributed by atoms with van der Waals surface area (Å²) in [4.78, 5) is 16.2. The molecule has 1 aromatic carbocycles. The minimum Gasteiger partial charge on any atom is -0.352 e. The third-order valence-corrected chi connectivity index (χ3v) is 6.07. The van der Waals surface area contributed by atoms with Crippen LogP contribution in [0.2, 0.25) is 0 Å². The number of tetrazole rings is 1. The Balaban J connectivity index is 1.31. The lowest BCUT2D eigenvalue weighted by atomic mass is 9.95. The maximum atomic E-state index is 12.2. The number of nitrogens with one attached hydrogen (secondary N) is 1. The first-order valence-corrected chi connectivity index (χ1v) is 11.0. The normalized spacial score (nSPS) is 21.2. The lowest BCUT2D eigenvalue weighted by molar-refractivity contribution is -0.123. The number of amides is 1. The zero-order valence-corrected chi connectivity index (χ0v) is 17.4. The van der Waals surface area contributed by atoms with Crippen molar-refractivity contribution < 1.29 is 4.79 Å². The van der Waals surface area contributed by atoms with Crippen molar-refractivity contribution in [3.63, 3.8) is 0 Å². The summed E-state index contributed by atoms with van der Waals surface area (Å²) in [5.41, 5.74) is 2.24. The highest BCUT2D eigenvalue weighted by atomic mass is 16.2. The van der Waals surface area contributed by atoms with Gasteiger partial charge in [0.05, 0.1) is 0 Å². The van der Waals surface area contributed by atoms with Crippen LogP contribution in [0.5, 0.6) is 0 Å². The molecule has 0 unspecified atom stereocenters. The second kappa shape index (κ2) is 9.48. The number of hydrogen-bond acceptors (Lipinski definition) is 5. The van der Waals surface area contributed by atoms with Crippen LogP contribution in [0, 0.1) is 5.92 Å². The van der Waals surface area contributed by atoms with Gasteiger partial charge in [-0.15, -0.1) is 10.2 Å². The molecule has 0 bridgehead atoms. The van der Waals surface area contributed by atoms with Crippen LogP contribution < -0.4 is 5.32 Å². The summed E-state index contributed by atoms with van der Waals surface area (Å²) in [6.07, 6.45) is 8.45. The van der Waals surface area contributed by atoms with Crippen LogP contribution in [0.4, 0.5) is 0 Å². The zero-order chi connectivity index (χ0) is 20.1. The van der Waals surface area contributed by atoms with E-state index in [1.165, 1.54) is 55.6 Å². The maximum Gasteiger partial charge on any atom is 0.243 e. The molecule has 2 heterocycles. The fourth-order valence-electron chi connectivity index (χ4n) is 4.52. The van der Waals surface area contributed by atoms with Crippen molar-refractivity contribution in [3.8, 4) is 11.4 Å². The van der Waals surface area contributed by atoms with Gasteiger partial charge in [0.15, 0.2) is 0 Å². The molecule has 1 N–H and O–H groups in total. The number of rotatable bonds is 6. The molecule has 2 fully saturated rings. The lowest BCUT2D eigenvalue weighted by Gasteiger charge is -2.30. The molecule has 7 nitrogen and oxygen atoms in total. The number of carbonyl (C=O) groups excluding carboxylic acids is 1. The van der Waals surface area contributed by atoms with Crippen LogP contribution in [0.15, 0.2) is 24.3 Å². The van der Waals surface area contributed by atoms with E-state index in [9.17, 15) is 4.79 Å². The fourth-order valence-corrected chi connectivity index (χ4v) is 4.52. The largest absolute Gasteiger partial charge is 0.352 e. The van der Waals surface area contributed by atoms with Crippen LogP contribution in [-0.2, 0) is 17.9 Å². The molecule has 29 heavy (non-hydrogen) atoms. The first-order valence-electron chi connectivity index (χ1n) is 11.0. The second-order valence-electron chi connectivity index (χ2n) is 8.73. The first-order chi connectivity index (χ1) is 14.2. The third kappa shape index (κ3) is 5.63. The Morgan fingerprint density at radius 3 is 2.66 bits per heavy atom. The summed E-state index contributed by atoms with van der Waals surface area (Å²) in [6, 6.07) is 8.68. The van der Waals surface area contributed by atoms with E-state index >= 15 is 0 Å². The van der Waals surface area contributed by atoms with Crippen molar-refractivity contribution in [1.82, 2.24) is 30.4 Å². The van der Waals surface area contributed by atoms with Gasteiger partial charge >= 0.3 is 0 Å². The number of benzene rings is 1. The van der Waals surface area contributed by atoms with E-state index in [0.29, 0.717) is 11.9 Å². The molecule has 0 radical (unpaired) electrons. The van der Waals surface area contributed by atoms with Gasteiger partial charge in [-0.1, -0.05) is 50.5 Å². The molecule has 4 rings (SSSR count). The highest BCUT2D eigenvalue weighted by Gasteiger charge is 2.18. The van der Waals surface area contributed by atoms with Crippen LogP contribution in [-0.4, -0.2) is 50.1 Å². The zero-order valence-electron chi connectivity index (χ0n) is 17.4. The van der Waals surface area contributed by atoms with E-state index in [1.807, 2.05) is 12.1 Å². The lowest BCUT2D eigenvalue weighted by Crippen LogP contribution is -2.38. The highest BCUT2D eigenvalue weighted by molar-refractivity contribution is 5.75. The molecular weight excluding hydrogens is 364 g/mol. The van der Waals surface area contributed by atoms with Crippen molar-refractivity contribution in [2.45, 2.75) is 71.0 Å². The maximum absolute atomic E-state index is 12.2.